The maximum atomic E-state index is 12.4. The van der Waals surface area contributed by atoms with Gasteiger partial charge in [-0.2, -0.15) is 0 Å². The van der Waals surface area contributed by atoms with Gasteiger partial charge in [-0.3, -0.25) is 10.1 Å². The van der Waals surface area contributed by atoms with E-state index in [1.54, 1.807) is 0 Å². The first kappa shape index (κ1) is 17.0. The van der Waals surface area contributed by atoms with Gasteiger partial charge in [0.05, 0.1) is 18.7 Å². The van der Waals surface area contributed by atoms with Gasteiger partial charge in [-0.1, -0.05) is 38.1 Å². The summed E-state index contributed by atoms with van der Waals surface area (Å²) in [5.41, 5.74) is 2.31. The van der Waals surface area contributed by atoms with E-state index in [0.29, 0.717) is 5.92 Å². The minimum Gasteiger partial charge on any atom is -0.394 e. The van der Waals surface area contributed by atoms with Gasteiger partial charge in [0.15, 0.2) is 0 Å². The quantitative estimate of drug-likeness (QED) is 0.849. The molecule has 2 N–H and O–H groups in total. The lowest BCUT2D eigenvalue weighted by Crippen LogP contribution is -2.43. The van der Waals surface area contributed by atoms with E-state index in [2.05, 4.69) is 31.3 Å². The van der Waals surface area contributed by atoms with Crippen LogP contribution in [0.1, 0.15) is 57.2 Å². The molecule has 4 heteroatoms. The highest BCUT2D eigenvalue weighted by atomic mass is 16.3. The molecule has 2 atom stereocenters. The maximum Gasteiger partial charge on any atom is 0.240 e. The van der Waals surface area contributed by atoms with Crippen molar-refractivity contribution in [3.8, 4) is 0 Å². The molecule has 0 radical (unpaired) electrons. The van der Waals surface area contributed by atoms with Crippen LogP contribution in [0.5, 0.6) is 0 Å². The minimum atomic E-state index is -0.192. The third-order valence-electron chi connectivity index (χ3n) is 4.45. The lowest BCUT2D eigenvalue weighted by Gasteiger charge is -2.24. The van der Waals surface area contributed by atoms with Crippen LogP contribution in [0, 0.1) is 0 Å². The molecular formula is C18H28N2O2. The molecule has 4 nitrogen and oxygen atoms in total. The van der Waals surface area contributed by atoms with E-state index in [-0.39, 0.29) is 30.6 Å². The van der Waals surface area contributed by atoms with Gasteiger partial charge in [0.1, 0.15) is 0 Å². The average molecular weight is 304 g/mol. The van der Waals surface area contributed by atoms with Crippen LogP contribution in [0.2, 0.25) is 0 Å². The Hall–Kier alpha value is -1.39. The summed E-state index contributed by atoms with van der Waals surface area (Å²) in [6.45, 7) is 9.18. The lowest BCUT2D eigenvalue weighted by molar-refractivity contribution is -0.131. The van der Waals surface area contributed by atoms with Gasteiger partial charge >= 0.3 is 0 Å². The SMILES string of the molecule is CC(C)c1ccc(C(CO)NC2CCN(C(C)C)C2=O)cc1. The molecule has 1 saturated heterocycles. The molecule has 0 aromatic heterocycles. The molecule has 0 aliphatic carbocycles. The van der Waals surface area contributed by atoms with Crippen molar-refractivity contribution < 1.29 is 9.90 Å². The Bertz CT molecular complexity index is 496. The standard InChI is InChI=1S/C18H28N2O2/c1-12(2)14-5-7-15(8-6-14)17(11-21)19-16-9-10-20(13(3)4)18(16)22/h5-8,12-13,16-17,19,21H,9-11H2,1-4H3. The number of hydrogen-bond donors (Lipinski definition) is 2. The first-order chi connectivity index (χ1) is 10.4. The van der Waals surface area contributed by atoms with Gasteiger partial charge in [0, 0.05) is 12.6 Å². The molecule has 122 valence electrons. The van der Waals surface area contributed by atoms with Crippen molar-refractivity contribution in [2.75, 3.05) is 13.2 Å². The first-order valence-corrected chi connectivity index (χ1v) is 8.21. The third kappa shape index (κ3) is 3.68. The highest BCUT2D eigenvalue weighted by Gasteiger charge is 2.34. The van der Waals surface area contributed by atoms with Crippen molar-refractivity contribution in [1.29, 1.82) is 0 Å². The number of nitrogens with one attached hydrogen (secondary N) is 1. The summed E-state index contributed by atoms with van der Waals surface area (Å²) in [6.07, 6.45) is 0.803. The second-order valence-electron chi connectivity index (χ2n) is 6.69. The van der Waals surface area contributed by atoms with Crippen molar-refractivity contribution in [3.63, 3.8) is 0 Å². The highest BCUT2D eigenvalue weighted by molar-refractivity contribution is 5.84. The summed E-state index contributed by atoms with van der Waals surface area (Å²) in [7, 11) is 0. The number of amides is 1. The van der Waals surface area contributed by atoms with E-state index in [1.165, 1.54) is 5.56 Å². The fraction of sp³-hybridized carbons (Fsp3) is 0.611. The van der Waals surface area contributed by atoms with Crippen LogP contribution in [0.3, 0.4) is 0 Å². The molecular weight excluding hydrogens is 276 g/mol. The number of aliphatic hydroxyl groups excluding tert-OH is 1. The fourth-order valence-corrected chi connectivity index (χ4v) is 2.98. The van der Waals surface area contributed by atoms with Gasteiger partial charge in [-0.25, -0.2) is 0 Å². The summed E-state index contributed by atoms with van der Waals surface area (Å²) < 4.78 is 0. The van der Waals surface area contributed by atoms with E-state index in [4.69, 9.17) is 0 Å². The molecule has 2 unspecified atom stereocenters. The van der Waals surface area contributed by atoms with Crippen LogP contribution in [-0.4, -0.2) is 41.1 Å². The zero-order chi connectivity index (χ0) is 16.3. The Labute approximate surface area is 133 Å². The molecule has 2 rings (SSSR count). The smallest absolute Gasteiger partial charge is 0.240 e. The molecule has 1 amide bonds. The Morgan fingerprint density at radius 3 is 2.23 bits per heavy atom. The predicted octanol–water partition coefficient (Wildman–Crippen LogP) is 2.44. The number of aliphatic hydroxyl groups is 1. The number of benzene rings is 1. The number of hydrogen-bond acceptors (Lipinski definition) is 3. The number of likely N-dealkylation sites (tertiary alicyclic amines) is 1. The van der Waals surface area contributed by atoms with Crippen LogP contribution in [-0.2, 0) is 4.79 Å². The van der Waals surface area contributed by atoms with Crippen molar-refractivity contribution in [2.24, 2.45) is 0 Å². The highest BCUT2D eigenvalue weighted by Crippen LogP contribution is 2.21. The molecule has 1 fully saturated rings. The van der Waals surface area contributed by atoms with E-state index < -0.39 is 0 Å². The van der Waals surface area contributed by atoms with E-state index >= 15 is 0 Å². The Balaban J connectivity index is 2.05. The van der Waals surface area contributed by atoms with Crippen LogP contribution in [0.15, 0.2) is 24.3 Å². The number of nitrogens with zero attached hydrogens (tertiary/aromatic N) is 1. The van der Waals surface area contributed by atoms with Gasteiger partial charge in [0.25, 0.3) is 0 Å². The molecule has 1 aliphatic heterocycles. The van der Waals surface area contributed by atoms with E-state index in [0.717, 1.165) is 18.5 Å². The van der Waals surface area contributed by atoms with Gasteiger partial charge in [0.2, 0.25) is 5.91 Å². The van der Waals surface area contributed by atoms with Crippen LogP contribution >= 0.6 is 0 Å². The Morgan fingerprint density at radius 2 is 1.77 bits per heavy atom. The zero-order valence-electron chi connectivity index (χ0n) is 14.0. The van der Waals surface area contributed by atoms with Gasteiger partial charge in [-0.15, -0.1) is 0 Å². The predicted molar refractivity (Wildman–Crippen MR) is 88.7 cm³/mol. The molecule has 1 aromatic carbocycles. The molecule has 22 heavy (non-hydrogen) atoms. The maximum absolute atomic E-state index is 12.4. The summed E-state index contributed by atoms with van der Waals surface area (Å²) in [4.78, 5) is 14.3. The normalized spacial score (nSPS) is 20.2. The largest absolute Gasteiger partial charge is 0.394 e. The van der Waals surface area contributed by atoms with Crippen LogP contribution < -0.4 is 5.32 Å². The first-order valence-electron chi connectivity index (χ1n) is 8.21. The minimum absolute atomic E-state index is 0.00746. The lowest BCUT2D eigenvalue weighted by atomic mass is 9.99. The second kappa shape index (κ2) is 7.25. The average Bonchev–Trinajstić information content (AvgIpc) is 2.86. The number of carbonyl (C=O) groups excluding carboxylic acids is 1. The summed E-state index contributed by atoms with van der Waals surface area (Å²) in [6, 6.07) is 8.14. The van der Waals surface area contributed by atoms with Crippen molar-refractivity contribution >= 4 is 5.91 Å². The zero-order valence-corrected chi connectivity index (χ0v) is 14.0. The molecule has 1 heterocycles. The van der Waals surface area contributed by atoms with Crippen LogP contribution in [0.4, 0.5) is 0 Å². The fourth-order valence-electron chi connectivity index (χ4n) is 2.98. The molecule has 0 bridgehead atoms. The van der Waals surface area contributed by atoms with E-state index in [1.807, 2.05) is 30.9 Å². The monoisotopic (exact) mass is 304 g/mol. The van der Waals surface area contributed by atoms with Crippen LogP contribution in [0.25, 0.3) is 0 Å². The summed E-state index contributed by atoms with van der Waals surface area (Å²) >= 11 is 0. The molecule has 0 spiro atoms. The molecule has 1 aliphatic rings. The Kier molecular flexibility index (Phi) is 5.59. The van der Waals surface area contributed by atoms with Gasteiger partial charge < -0.3 is 10.0 Å². The van der Waals surface area contributed by atoms with Crippen molar-refractivity contribution in [2.45, 2.75) is 58.2 Å². The Morgan fingerprint density at radius 1 is 1.18 bits per heavy atom. The third-order valence-corrected chi connectivity index (χ3v) is 4.45. The summed E-state index contributed by atoms with van der Waals surface area (Å²) in [5, 5.41) is 13.0. The topological polar surface area (TPSA) is 52.6 Å². The van der Waals surface area contributed by atoms with Crippen molar-refractivity contribution in [1.82, 2.24) is 10.2 Å². The van der Waals surface area contributed by atoms with E-state index in [9.17, 15) is 9.90 Å². The van der Waals surface area contributed by atoms with Gasteiger partial charge in [-0.05, 0) is 37.3 Å². The molecule has 0 saturated carbocycles. The van der Waals surface area contributed by atoms with Crippen molar-refractivity contribution in [3.05, 3.63) is 35.4 Å². The number of rotatable bonds is 6. The molecule has 1 aromatic rings. The summed E-state index contributed by atoms with van der Waals surface area (Å²) in [5.74, 6) is 0.637. The second-order valence-corrected chi connectivity index (χ2v) is 6.69. The number of carbonyl (C=O) groups is 1.